The number of carbonyl (C=O) groups excluding carboxylic acids is 2. The fraction of sp³-hybridized carbons (Fsp3) is 0.118. The molecule has 0 saturated carbocycles. The molecule has 0 spiro atoms. The lowest BCUT2D eigenvalue weighted by Crippen LogP contribution is -2.24. The van der Waals surface area contributed by atoms with Crippen molar-refractivity contribution in [3.63, 3.8) is 0 Å². The normalized spacial score (nSPS) is 10.4. The predicted molar refractivity (Wildman–Crippen MR) is 90.5 cm³/mol. The third kappa shape index (κ3) is 5.40. The highest BCUT2D eigenvalue weighted by atomic mass is 35.5. The van der Waals surface area contributed by atoms with Gasteiger partial charge in [-0.05, 0) is 35.9 Å². The van der Waals surface area contributed by atoms with Gasteiger partial charge in [-0.25, -0.2) is 10.2 Å². The number of halogens is 1. The second-order valence-corrected chi connectivity index (χ2v) is 5.09. The van der Waals surface area contributed by atoms with E-state index in [1.165, 1.54) is 13.3 Å². The number of ether oxygens (including phenoxy) is 2. The van der Waals surface area contributed by atoms with Gasteiger partial charge in [0.15, 0.2) is 6.61 Å². The van der Waals surface area contributed by atoms with Crippen molar-refractivity contribution in [2.75, 3.05) is 13.7 Å². The summed E-state index contributed by atoms with van der Waals surface area (Å²) in [5.74, 6) is -0.317. The molecule has 2 aromatic rings. The van der Waals surface area contributed by atoms with Crippen molar-refractivity contribution >= 4 is 29.7 Å². The Kier molecular flexibility index (Phi) is 6.33. The summed E-state index contributed by atoms with van der Waals surface area (Å²) in [6.45, 7) is -0.182. The van der Waals surface area contributed by atoms with Crippen LogP contribution in [0.5, 0.6) is 5.75 Å². The Balaban J connectivity index is 1.80. The topological polar surface area (TPSA) is 77.0 Å². The summed E-state index contributed by atoms with van der Waals surface area (Å²) in [5.41, 5.74) is 3.51. The number of amides is 1. The van der Waals surface area contributed by atoms with Gasteiger partial charge in [0.05, 0.1) is 18.9 Å². The smallest absolute Gasteiger partial charge is 0.337 e. The number of benzene rings is 2. The number of nitrogens with one attached hydrogen (secondary N) is 1. The molecule has 6 nitrogen and oxygen atoms in total. The van der Waals surface area contributed by atoms with Crippen molar-refractivity contribution in [3.05, 3.63) is 64.7 Å². The van der Waals surface area contributed by atoms with Crippen LogP contribution in [-0.2, 0) is 9.53 Å². The average molecular weight is 347 g/mol. The summed E-state index contributed by atoms with van der Waals surface area (Å²) in [6.07, 6.45) is 1.46. The molecule has 0 aliphatic carbocycles. The third-order valence-electron chi connectivity index (χ3n) is 2.90. The van der Waals surface area contributed by atoms with Crippen molar-refractivity contribution < 1.29 is 19.1 Å². The fourth-order valence-electron chi connectivity index (χ4n) is 1.74. The van der Waals surface area contributed by atoms with E-state index in [1.54, 1.807) is 48.5 Å². The molecule has 0 fully saturated rings. The van der Waals surface area contributed by atoms with Crippen LogP contribution >= 0.6 is 11.6 Å². The zero-order valence-corrected chi connectivity index (χ0v) is 13.6. The molecule has 0 aromatic heterocycles. The van der Waals surface area contributed by atoms with Gasteiger partial charge in [0, 0.05) is 5.02 Å². The average Bonchev–Trinajstić information content (AvgIpc) is 2.60. The van der Waals surface area contributed by atoms with Gasteiger partial charge in [-0.1, -0.05) is 29.8 Å². The van der Waals surface area contributed by atoms with Crippen LogP contribution in [0.1, 0.15) is 15.9 Å². The van der Waals surface area contributed by atoms with Gasteiger partial charge in [0.25, 0.3) is 5.91 Å². The van der Waals surface area contributed by atoms with E-state index in [0.29, 0.717) is 16.3 Å². The lowest BCUT2D eigenvalue weighted by Gasteiger charge is -2.05. The molecule has 2 aromatic carbocycles. The van der Waals surface area contributed by atoms with Crippen LogP contribution in [0.4, 0.5) is 0 Å². The molecule has 2 rings (SSSR count). The maximum atomic E-state index is 11.6. The van der Waals surface area contributed by atoms with Crippen molar-refractivity contribution in [1.29, 1.82) is 0 Å². The summed E-state index contributed by atoms with van der Waals surface area (Å²) in [7, 11) is 1.32. The zero-order chi connectivity index (χ0) is 17.4. The SMILES string of the molecule is COC(=O)c1ccc(/C=N\NC(=O)COc2cccc(Cl)c2)cc1. The molecular formula is C17H15ClN2O4. The standard InChI is InChI=1S/C17H15ClN2O4/c1-23-17(22)13-7-5-12(6-8-13)10-19-20-16(21)11-24-15-4-2-3-14(18)9-15/h2-10H,11H2,1H3,(H,20,21)/b19-10-. The summed E-state index contributed by atoms with van der Waals surface area (Å²) < 4.78 is 9.89. The Bertz CT molecular complexity index is 745. The van der Waals surface area contributed by atoms with Crippen molar-refractivity contribution in [1.82, 2.24) is 5.43 Å². The van der Waals surface area contributed by atoms with Crippen molar-refractivity contribution in [2.45, 2.75) is 0 Å². The molecule has 1 N–H and O–H groups in total. The molecule has 124 valence electrons. The van der Waals surface area contributed by atoms with Crippen LogP contribution in [-0.4, -0.2) is 31.8 Å². The van der Waals surface area contributed by atoms with Crippen LogP contribution in [0.2, 0.25) is 5.02 Å². The van der Waals surface area contributed by atoms with E-state index in [2.05, 4.69) is 15.3 Å². The Morgan fingerprint density at radius 1 is 1.21 bits per heavy atom. The first-order valence-electron chi connectivity index (χ1n) is 6.97. The molecule has 0 bridgehead atoms. The van der Waals surface area contributed by atoms with Gasteiger partial charge in [-0.15, -0.1) is 0 Å². The molecule has 0 unspecified atom stereocenters. The van der Waals surface area contributed by atoms with Gasteiger partial charge in [-0.2, -0.15) is 5.10 Å². The van der Waals surface area contributed by atoms with E-state index in [-0.39, 0.29) is 6.61 Å². The van der Waals surface area contributed by atoms with Gasteiger partial charge < -0.3 is 9.47 Å². The minimum atomic E-state index is -0.412. The van der Waals surface area contributed by atoms with Gasteiger partial charge >= 0.3 is 5.97 Å². The third-order valence-corrected chi connectivity index (χ3v) is 3.14. The molecule has 0 saturated heterocycles. The Morgan fingerprint density at radius 3 is 2.62 bits per heavy atom. The zero-order valence-electron chi connectivity index (χ0n) is 12.9. The molecule has 0 heterocycles. The second kappa shape index (κ2) is 8.69. The largest absolute Gasteiger partial charge is 0.484 e. The molecule has 24 heavy (non-hydrogen) atoms. The summed E-state index contributed by atoms with van der Waals surface area (Å²) in [5, 5.41) is 4.35. The number of carbonyl (C=O) groups is 2. The van der Waals surface area contributed by atoms with Gasteiger partial charge in [0.2, 0.25) is 0 Å². The maximum absolute atomic E-state index is 11.6. The molecule has 0 radical (unpaired) electrons. The molecule has 0 aliphatic heterocycles. The first-order valence-corrected chi connectivity index (χ1v) is 7.35. The number of rotatable bonds is 6. The Labute approximate surface area is 144 Å². The lowest BCUT2D eigenvalue weighted by molar-refractivity contribution is -0.123. The van der Waals surface area contributed by atoms with Gasteiger partial charge in [-0.3, -0.25) is 4.79 Å². The van der Waals surface area contributed by atoms with E-state index in [9.17, 15) is 9.59 Å². The number of hydrazone groups is 1. The van der Waals surface area contributed by atoms with E-state index in [0.717, 1.165) is 5.56 Å². The van der Waals surface area contributed by atoms with Crippen LogP contribution in [0.3, 0.4) is 0 Å². The highest BCUT2D eigenvalue weighted by Crippen LogP contribution is 2.16. The monoisotopic (exact) mass is 346 g/mol. The first-order chi connectivity index (χ1) is 11.6. The van der Waals surface area contributed by atoms with Crippen molar-refractivity contribution in [2.24, 2.45) is 5.10 Å². The van der Waals surface area contributed by atoms with Crippen LogP contribution in [0.15, 0.2) is 53.6 Å². The van der Waals surface area contributed by atoms with E-state index in [4.69, 9.17) is 16.3 Å². The Hall–Kier alpha value is -2.86. The number of nitrogens with zero attached hydrogens (tertiary/aromatic N) is 1. The first kappa shape index (κ1) is 17.5. The molecule has 7 heteroatoms. The highest BCUT2D eigenvalue weighted by molar-refractivity contribution is 6.30. The minimum Gasteiger partial charge on any atom is -0.484 e. The highest BCUT2D eigenvalue weighted by Gasteiger charge is 2.04. The summed E-state index contributed by atoms with van der Waals surface area (Å²) in [6, 6.07) is 13.3. The van der Waals surface area contributed by atoms with E-state index in [1.807, 2.05) is 0 Å². The predicted octanol–water partition coefficient (Wildman–Crippen LogP) is 2.66. The van der Waals surface area contributed by atoms with Gasteiger partial charge in [0.1, 0.15) is 5.75 Å². The molecule has 1 amide bonds. The second-order valence-electron chi connectivity index (χ2n) is 4.65. The quantitative estimate of drug-likeness (QED) is 0.495. The van der Waals surface area contributed by atoms with Crippen LogP contribution in [0, 0.1) is 0 Å². The Morgan fingerprint density at radius 2 is 1.96 bits per heavy atom. The van der Waals surface area contributed by atoms with E-state index < -0.39 is 11.9 Å². The minimum absolute atomic E-state index is 0.182. The maximum Gasteiger partial charge on any atom is 0.337 e. The fourth-order valence-corrected chi connectivity index (χ4v) is 1.92. The van der Waals surface area contributed by atoms with Crippen LogP contribution < -0.4 is 10.2 Å². The van der Waals surface area contributed by atoms with Crippen molar-refractivity contribution in [3.8, 4) is 5.75 Å². The summed E-state index contributed by atoms with van der Waals surface area (Å²) >= 11 is 5.82. The van der Waals surface area contributed by atoms with Crippen LogP contribution in [0.25, 0.3) is 0 Å². The lowest BCUT2D eigenvalue weighted by atomic mass is 10.1. The number of hydrogen-bond donors (Lipinski definition) is 1. The molecule has 0 atom stereocenters. The number of methoxy groups -OCH3 is 1. The number of hydrogen-bond acceptors (Lipinski definition) is 5. The summed E-state index contributed by atoms with van der Waals surface area (Å²) in [4.78, 5) is 22.9. The molecule has 0 aliphatic rings. The number of esters is 1. The van der Waals surface area contributed by atoms with E-state index >= 15 is 0 Å². The molecular weight excluding hydrogens is 332 g/mol.